The van der Waals surface area contributed by atoms with E-state index in [1.807, 2.05) is 0 Å². The van der Waals surface area contributed by atoms with Crippen LogP contribution in [0.5, 0.6) is 5.75 Å². The first-order valence-corrected chi connectivity index (χ1v) is 7.57. The highest BCUT2D eigenvalue weighted by Crippen LogP contribution is 2.17. The van der Waals surface area contributed by atoms with E-state index in [1.165, 1.54) is 23.9 Å². The molecular formula is C14H15N3O4S. The van der Waals surface area contributed by atoms with Crippen LogP contribution in [0.1, 0.15) is 22.5 Å². The number of aromatic amines is 1. The molecular weight excluding hydrogens is 306 g/mol. The highest BCUT2D eigenvalue weighted by molar-refractivity contribution is 7.99. The number of thioether (sulfide) groups is 1. The van der Waals surface area contributed by atoms with Gasteiger partial charge in [0, 0.05) is 5.75 Å². The smallest absolute Gasteiger partial charge is 0.362 e. The molecule has 0 saturated carbocycles. The molecule has 0 radical (unpaired) electrons. The molecule has 1 aromatic heterocycles. The molecule has 0 spiro atoms. The summed E-state index contributed by atoms with van der Waals surface area (Å²) in [7, 11) is 0. The number of ether oxygens (including phenoxy) is 1. The largest absolute Gasteiger partial charge is 0.494 e. The highest BCUT2D eigenvalue weighted by Gasteiger charge is 2.04. The lowest BCUT2D eigenvalue weighted by Gasteiger charge is -2.06. The molecule has 0 aliphatic carbocycles. The van der Waals surface area contributed by atoms with Gasteiger partial charge in [0.25, 0.3) is 0 Å². The van der Waals surface area contributed by atoms with Crippen LogP contribution in [-0.4, -0.2) is 38.6 Å². The van der Waals surface area contributed by atoms with E-state index in [0.29, 0.717) is 23.1 Å². The Morgan fingerprint density at radius 3 is 2.77 bits per heavy atom. The lowest BCUT2D eigenvalue weighted by atomic mass is 10.2. The van der Waals surface area contributed by atoms with Gasteiger partial charge < -0.3 is 9.84 Å². The van der Waals surface area contributed by atoms with E-state index in [2.05, 4.69) is 15.2 Å². The highest BCUT2D eigenvalue weighted by atomic mass is 32.2. The Hall–Kier alpha value is -2.35. The second-order valence-corrected chi connectivity index (χ2v) is 5.49. The number of rotatable bonds is 7. The van der Waals surface area contributed by atoms with Crippen LogP contribution in [0.3, 0.4) is 0 Å². The summed E-state index contributed by atoms with van der Waals surface area (Å²) in [5.74, 6) is 0.408. The molecule has 0 aliphatic rings. The maximum Gasteiger partial charge on any atom is 0.362 e. The van der Waals surface area contributed by atoms with Crippen LogP contribution in [0.25, 0.3) is 0 Å². The van der Waals surface area contributed by atoms with Gasteiger partial charge in [-0.15, -0.1) is 11.8 Å². The zero-order chi connectivity index (χ0) is 15.9. The van der Waals surface area contributed by atoms with E-state index in [4.69, 9.17) is 9.84 Å². The molecule has 7 nitrogen and oxygen atoms in total. The summed E-state index contributed by atoms with van der Waals surface area (Å²) in [4.78, 5) is 25.6. The first-order valence-electron chi connectivity index (χ1n) is 6.58. The zero-order valence-corrected chi connectivity index (χ0v) is 12.7. The second-order valence-electron chi connectivity index (χ2n) is 4.41. The second kappa shape index (κ2) is 7.60. The standard InChI is InChI=1S/C14H15N3O4S/c1-9-12(15-14(20)17-16-9)22-8-2-7-21-11-5-3-10(4-6-11)13(18)19/h3-6H,2,7-8H2,1H3,(H,18,19)(H,15,17,20). The van der Waals surface area contributed by atoms with Gasteiger partial charge in [0.2, 0.25) is 0 Å². The third-order valence-electron chi connectivity index (χ3n) is 2.73. The number of carboxylic acids is 1. The molecule has 22 heavy (non-hydrogen) atoms. The predicted octanol–water partition coefficient (Wildman–Crippen LogP) is 1.73. The van der Waals surface area contributed by atoms with Gasteiger partial charge in [0.15, 0.2) is 0 Å². The SMILES string of the molecule is Cc1n[nH]c(=O)nc1SCCCOc1ccc(C(=O)O)cc1. The summed E-state index contributed by atoms with van der Waals surface area (Å²) >= 11 is 1.45. The minimum atomic E-state index is -0.961. The van der Waals surface area contributed by atoms with Gasteiger partial charge in [-0.05, 0) is 37.6 Å². The third-order valence-corrected chi connectivity index (χ3v) is 3.88. The van der Waals surface area contributed by atoms with Crippen molar-refractivity contribution in [3.8, 4) is 5.75 Å². The molecule has 0 bridgehead atoms. The fourth-order valence-corrected chi connectivity index (χ4v) is 2.48. The van der Waals surface area contributed by atoms with E-state index in [0.717, 1.165) is 12.2 Å². The summed E-state index contributed by atoms with van der Waals surface area (Å²) < 4.78 is 5.52. The zero-order valence-electron chi connectivity index (χ0n) is 11.9. The summed E-state index contributed by atoms with van der Waals surface area (Å²) in [5, 5.41) is 15.5. The summed E-state index contributed by atoms with van der Waals surface area (Å²) in [6.07, 6.45) is 0.763. The lowest BCUT2D eigenvalue weighted by Crippen LogP contribution is -2.14. The number of nitrogens with one attached hydrogen (secondary N) is 1. The number of carboxylic acid groups (broad SMARTS) is 1. The lowest BCUT2D eigenvalue weighted by molar-refractivity contribution is 0.0697. The van der Waals surface area contributed by atoms with Crippen LogP contribution in [0.2, 0.25) is 0 Å². The molecule has 0 aliphatic heterocycles. The maximum absolute atomic E-state index is 11.1. The monoisotopic (exact) mass is 321 g/mol. The molecule has 116 valence electrons. The van der Waals surface area contributed by atoms with Crippen molar-refractivity contribution in [2.75, 3.05) is 12.4 Å². The maximum atomic E-state index is 11.1. The van der Waals surface area contributed by atoms with Crippen molar-refractivity contribution in [2.45, 2.75) is 18.4 Å². The number of carbonyl (C=O) groups is 1. The molecule has 0 atom stereocenters. The van der Waals surface area contributed by atoms with Crippen LogP contribution in [0.15, 0.2) is 34.1 Å². The minimum absolute atomic E-state index is 0.228. The van der Waals surface area contributed by atoms with Crippen molar-refractivity contribution < 1.29 is 14.6 Å². The molecule has 8 heteroatoms. The quantitative estimate of drug-likeness (QED) is 0.591. The summed E-state index contributed by atoms with van der Waals surface area (Å²) in [5.41, 5.74) is 0.462. The Balaban J connectivity index is 1.74. The van der Waals surface area contributed by atoms with Gasteiger partial charge >= 0.3 is 11.7 Å². The number of H-pyrrole nitrogens is 1. The number of aromatic nitrogens is 3. The summed E-state index contributed by atoms with van der Waals surface area (Å²) in [6, 6.07) is 6.26. The summed E-state index contributed by atoms with van der Waals surface area (Å²) in [6.45, 7) is 2.28. The van der Waals surface area contributed by atoms with Gasteiger partial charge in [-0.2, -0.15) is 10.1 Å². The average Bonchev–Trinajstić information content (AvgIpc) is 2.50. The molecule has 0 unspecified atom stereocenters. The van der Waals surface area contributed by atoms with Crippen molar-refractivity contribution in [1.29, 1.82) is 0 Å². The minimum Gasteiger partial charge on any atom is -0.494 e. The van der Waals surface area contributed by atoms with Crippen LogP contribution >= 0.6 is 11.8 Å². The van der Waals surface area contributed by atoms with Crippen LogP contribution in [0.4, 0.5) is 0 Å². The Bertz CT molecular complexity index is 700. The predicted molar refractivity (Wildman–Crippen MR) is 81.6 cm³/mol. The van der Waals surface area contributed by atoms with Gasteiger partial charge in [0.1, 0.15) is 10.8 Å². The van der Waals surface area contributed by atoms with Gasteiger partial charge in [-0.3, -0.25) is 0 Å². The van der Waals surface area contributed by atoms with Gasteiger partial charge in [0.05, 0.1) is 17.9 Å². The first kappa shape index (κ1) is 16.0. The van der Waals surface area contributed by atoms with E-state index >= 15 is 0 Å². The Morgan fingerprint density at radius 2 is 2.09 bits per heavy atom. The van der Waals surface area contributed by atoms with Crippen molar-refractivity contribution in [3.63, 3.8) is 0 Å². The Kier molecular flexibility index (Phi) is 5.54. The molecule has 1 aromatic carbocycles. The molecule has 0 saturated heterocycles. The van der Waals surface area contributed by atoms with Crippen molar-refractivity contribution in [2.24, 2.45) is 0 Å². The number of benzene rings is 1. The molecule has 2 aromatic rings. The van der Waals surface area contributed by atoms with Gasteiger partial charge in [-0.25, -0.2) is 14.7 Å². The number of aryl methyl sites for hydroxylation is 1. The van der Waals surface area contributed by atoms with Gasteiger partial charge in [-0.1, -0.05) is 0 Å². The molecule has 2 rings (SSSR count). The molecule has 0 amide bonds. The third kappa shape index (κ3) is 4.59. The number of nitrogens with zero attached hydrogens (tertiary/aromatic N) is 2. The first-order chi connectivity index (χ1) is 10.6. The van der Waals surface area contributed by atoms with Crippen LogP contribution in [0, 0.1) is 6.92 Å². The number of hydrogen-bond acceptors (Lipinski definition) is 6. The normalized spacial score (nSPS) is 10.4. The van der Waals surface area contributed by atoms with E-state index in [-0.39, 0.29) is 5.56 Å². The average molecular weight is 321 g/mol. The molecule has 1 heterocycles. The Morgan fingerprint density at radius 1 is 1.36 bits per heavy atom. The van der Waals surface area contributed by atoms with Crippen LogP contribution in [-0.2, 0) is 0 Å². The van der Waals surface area contributed by atoms with Crippen molar-refractivity contribution in [1.82, 2.24) is 15.2 Å². The fraction of sp³-hybridized carbons (Fsp3) is 0.286. The topological polar surface area (TPSA) is 105 Å². The van der Waals surface area contributed by atoms with Crippen molar-refractivity contribution >= 4 is 17.7 Å². The van der Waals surface area contributed by atoms with E-state index in [9.17, 15) is 9.59 Å². The van der Waals surface area contributed by atoms with Crippen molar-refractivity contribution in [3.05, 3.63) is 46.0 Å². The number of aromatic carboxylic acids is 1. The van der Waals surface area contributed by atoms with E-state index in [1.54, 1.807) is 19.1 Å². The molecule has 0 fully saturated rings. The van der Waals surface area contributed by atoms with E-state index < -0.39 is 11.7 Å². The molecule has 2 N–H and O–H groups in total. The van der Waals surface area contributed by atoms with Crippen LogP contribution < -0.4 is 10.4 Å². The number of hydrogen-bond donors (Lipinski definition) is 2. The fourth-order valence-electron chi connectivity index (χ4n) is 1.63. The Labute approximate surface area is 130 Å².